The van der Waals surface area contributed by atoms with Crippen molar-refractivity contribution >= 4 is 16.9 Å². The molecule has 0 unspecified atom stereocenters. The van der Waals surface area contributed by atoms with Crippen molar-refractivity contribution in [3.8, 4) is 0 Å². The van der Waals surface area contributed by atoms with Crippen LogP contribution >= 0.6 is 0 Å². The molecule has 0 spiro atoms. The Morgan fingerprint density at radius 2 is 1.96 bits per heavy atom. The largest absolute Gasteiger partial charge is 0.342 e. The fourth-order valence-electron chi connectivity index (χ4n) is 3.65. The van der Waals surface area contributed by atoms with Crippen molar-refractivity contribution in [3.05, 3.63) is 63.8 Å². The number of nitrogens with zero attached hydrogens (tertiary/aromatic N) is 3. The number of carbonyl (C=O) groups excluding carboxylic acids is 1. The molecule has 2 aromatic heterocycles. The minimum absolute atomic E-state index is 0.0144. The minimum atomic E-state index is -0.111. The molecule has 134 valence electrons. The summed E-state index contributed by atoms with van der Waals surface area (Å²) in [6.07, 6.45) is 3.38. The predicted octanol–water partition coefficient (Wildman–Crippen LogP) is 2.59. The maximum atomic E-state index is 12.7. The van der Waals surface area contributed by atoms with Crippen LogP contribution in [0.15, 0.2) is 41.3 Å². The number of amides is 1. The highest BCUT2D eigenvalue weighted by atomic mass is 16.2. The van der Waals surface area contributed by atoms with Crippen LogP contribution < -0.4 is 5.56 Å². The number of imidazole rings is 1. The summed E-state index contributed by atoms with van der Waals surface area (Å²) in [5.74, 6) is 1.34. The summed E-state index contributed by atoms with van der Waals surface area (Å²) in [6.45, 7) is 3.46. The zero-order valence-electron chi connectivity index (χ0n) is 15.0. The van der Waals surface area contributed by atoms with Crippen molar-refractivity contribution in [1.82, 2.24) is 19.4 Å². The molecule has 0 radical (unpaired) electrons. The van der Waals surface area contributed by atoms with Crippen molar-refractivity contribution in [2.45, 2.75) is 25.7 Å². The van der Waals surface area contributed by atoms with Crippen LogP contribution in [0.5, 0.6) is 0 Å². The number of benzene rings is 1. The molecule has 1 saturated heterocycles. The van der Waals surface area contributed by atoms with Crippen LogP contribution in [0.4, 0.5) is 0 Å². The number of piperidine rings is 1. The number of fused-ring (bicyclic) bond motifs is 1. The Hall–Kier alpha value is -2.89. The van der Waals surface area contributed by atoms with Gasteiger partial charge in [0.05, 0.1) is 16.6 Å². The van der Waals surface area contributed by atoms with Gasteiger partial charge in [-0.05, 0) is 37.5 Å². The van der Waals surface area contributed by atoms with E-state index in [4.69, 9.17) is 4.98 Å². The van der Waals surface area contributed by atoms with Crippen molar-refractivity contribution in [2.24, 2.45) is 7.05 Å². The number of hydrogen-bond acceptors (Lipinski definition) is 3. The molecule has 6 heteroatoms. The van der Waals surface area contributed by atoms with E-state index < -0.39 is 0 Å². The second-order valence-corrected chi connectivity index (χ2v) is 7.03. The van der Waals surface area contributed by atoms with E-state index in [1.807, 2.05) is 11.0 Å². The van der Waals surface area contributed by atoms with Crippen molar-refractivity contribution in [2.75, 3.05) is 13.1 Å². The quantitative estimate of drug-likeness (QED) is 0.772. The van der Waals surface area contributed by atoms with Crippen molar-refractivity contribution < 1.29 is 4.79 Å². The third-order valence-electron chi connectivity index (χ3n) is 5.23. The van der Waals surface area contributed by atoms with Crippen LogP contribution in [0.2, 0.25) is 0 Å². The molecule has 1 aliphatic heterocycles. The average molecular weight is 350 g/mol. The Balaban J connectivity index is 1.47. The number of nitrogens with one attached hydrogen (secondary N) is 1. The van der Waals surface area contributed by atoms with Crippen LogP contribution in [-0.4, -0.2) is 38.4 Å². The first-order valence-electron chi connectivity index (χ1n) is 8.94. The lowest BCUT2D eigenvalue weighted by Crippen LogP contribution is -2.38. The molecule has 1 N–H and O–H groups in total. The van der Waals surface area contributed by atoms with Gasteiger partial charge in [0.25, 0.3) is 5.91 Å². The fraction of sp³-hybridized carbons (Fsp3) is 0.350. The minimum Gasteiger partial charge on any atom is -0.342 e. The highest BCUT2D eigenvalue weighted by Gasteiger charge is 2.26. The van der Waals surface area contributed by atoms with E-state index in [9.17, 15) is 9.59 Å². The predicted molar refractivity (Wildman–Crippen MR) is 100 cm³/mol. The maximum Gasteiger partial charge on any atom is 0.255 e. The SMILES string of the molecule is Cc1cccc2[nH]c(C3CCN(C(=O)c4ccc(=O)n(C)c4)CC3)nc12. The molecule has 4 rings (SSSR count). The second-order valence-electron chi connectivity index (χ2n) is 7.03. The van der Waals surface area contributed by atoms with Gasteiger partial charge in [0.2, 0.25) is 5.56 Å². The maximum absolute atomic E-state index is 12.7. The molecule has 0 bridgehead atoms. The van der Waals surface area contributed by atoms with Gasteiger partial charge in [-0.25, -0.2) is 4.98 Å². The van der Waals surface area contributed by atoms with Gasteiger partial charge in [-0.3, -0.25) is 9.59 Å². The number of aryl methyl sites for hydroxylation is 2. The first-order valence-corrected chi connectivity index (χ1v) is 8.94. The monoisotopic (exact) mass is 350 g/mol. The van der Waals surface area contributed by atoms with Crippen LogP contribution in [0, 0.1) is 6.92 Å². The summed E-state index contributed by atoms with van der Waals surface area (Å²) < 4.78 is 1.44. The number of aromatic amines is 1. The van der Waals surface area contributed by atoms with Crippen molar-refractivity contribution in [1.29, 1.82) is 0 Å². The number of likely N-dealkylation sites (tertiary alicyclic amines) is 1. The number of pyridine rings is 1. The third kappa shape index (κ3) is 2.92. The van der Waals surface area contributed by atoms with Gasteiger partial charge in [-0.15, -0.1) is 0 Å². The second kappa shape index (κ2) is 6.44. The van der Waals surface area contributed by atoms with E-state index in [-0.39, 0.29) is 11.5 Å². The summed E-state index contributed by atoms with van der Waals surface area (Å²) in [4.78, 5) is 34.3. The van der Waals surface area contributed by atoms with Crippen LogP contribution in [0.3, 0.4) is 0 Å². The number of hydrogen-bond donors (Lipinski definition) is 1. The lowest BCUT2D eigenvalue weighted by Gasteiger charge is -2.31. The molecule has 6 nitrogen and oxygen atoms in total. The van der Waals surface area contributed by atoms with Gasteiger partial charge in [0, 0.05) is 38.3 Å². The lowest BCUT2D eigenvalue weighted by molar-refractivity contribution is 0.0710. The Morgan fingerprint density at radius 3 is 2.65 bits per heavy atom. The van der Waals surface area contributed by atoms with Gasteiger partial charge >= 0.3 is 0 Å². The van der Waals surface area contributed by atoms with E-state index in [1.54, 1.807) is 19.3 Å². The van der Waals surface area contributed by atoms with E-state index in [0.29, 0.717) is 24.6 Å². The summed E-state index contributed by atoms with van der Waals surface area (Å²) in [6, 6.07) is 9.21. The Bertz CT molecular complexity index is 1030. The first-order chi connectivity index (χ1) is 12.5. The summed E-state index contributed by atoms with van der Waals surface area (Å²) in [5, 5.41) is 0. The van der Waals surface area contributed by atoms with Gasteiger partial charge in [-0.1, -0.05) is 12.1 Å². The topological polar surface area (TPSA) is 71.0 Å². The molecule has 3 aromatic rings. The molecule has 0 saturated carbocycles. The zero-order chi connectivity index (χ0) is 18.3. The Morgan fingerprint density at radius 1 is 1.19 bits per heavy atom. The molecule has 1 fully saturated rings. The van der Waals surface area contributed by atoms with Crippen molar-refractivity contribution in [3.63, 3.8) is 0 Å². The number of carbonyl (C=O) groups is 1. The molecule has 26 heavy (non-hydrogen) atoms. The standard InChI is InChI=1S/C20H22N4O2/c1-13-4-3-5-16-18(13)22-19(21-16)14-8-10-24(11-9-14)20(26)15-6-7-17(25)23(2)12-15/h3-7,12,14H,8-11H2,1-2H3,(H,21,22). The van der Waals surface area contributed by atoms with E-state index in [2.05, 4.69) is 24.0 Å². The van der Waals surface area contributed by atoms with Crippen LogP contribution in [-0.2, 0) is 7.05 Å². The number of aromatic nitrogens is 3. The zero-order valence-corrected chi connectivity index (χ0v) is 15.0. The molecular weight excluding hydrogens is 328 g/mol. The summed E-state index contributed by atoms with van der Waals surface area (Å²) in [5.41, 5.74) is 3.73. The molecule has 1 aliphatic rings. The Kier molecular flexibility index (Phi) is 4.11. The third-order valence-corrected chi connectivity index (χ3v) is 5.23. The van der Waals surface area contributed by atoms with E-state index in [1.165, 1.54) is 16.2 Å². The van der Waals surface area contributed by atoms with E-state index in [0.717, 1.165) is 29.7 Å². The molecule has 0 atom stereocenters. The summed E-state index contributed by atoms with van der Waals surface area (Å²) in [7, 11) is 1.66. The lowest BCUT2D eigenvalue weighted by atomic mass is 9.96. The number of rotatable bonds is 2. The highest BCUT2D eigenvalue weighted by Crippen LogP contribution is 2.29. The normalized spacial score (nSPS) is 15.5. The molecular formula is C20H22N4O2. The molecule has 1 aromatic carbocycles. The van der Waals surface area contributed by atoms with Crippen LogP contribution in [0.25, 0.3) is 11.0 Å². The smallest absolute Gasteiger partial charge is 0.255 e. The fourth-order valence-corrected chi connectivity index (χ4v) is 3.65. The van der Waals surface area contributed by atoms with Gasteiger partial charge < -0.3 is 14.5 Å². The van der Waals surface area contributed by atoms with E-state index >= 15 is 0 Å². The molecule has 1 amide bonds. The highest BCUT2D eigenvalue weighted by molar-refractivity contribution is 5.94. The number of H-pyrrole nitrogens is 1. The van der Waals surface area contributed by atoms with Gasteiger partial charge in [0.15, 0.2) is 0 Å². The average Bonchev–Trinajstić information content (AvgIpc) is 3.09. The molecule has 3 heterocycles. The summed E-state index contributed by atoms with van der Waals surface area (Å²) >= 11 is 0. The Labute approximate surface area is 151 Å². The number of para-hydroxylation sites is 1. The first kappa shape index (κ1) is 16.6. The van der Waals surface area contributed by atoms with Gasteiger partial charge in [0.1, 0.15) is 5.82 Å². The van der Waals surface area contributed by atoms with Crippen LogP contribution in [0.1, 0.15) is 40.5 Å². The molecule has 0 aliphatic carbocycles. The van der Waals surface area contributed by atoms with Gasteiger partial charge in [-0.2, -0.15) is 0 Å².